The van der Waals surface area contributed by atoms with Crippen LogP contribution in [-0.2, 0) is 46.4 Å². The van der Waals surface area contributed by atoms with Gasteiger partial charge in [-0.15, -0.1) is 0 Å². The summed E-state index contributed by atoms with van der Waals surface area (Å²) in [5.74, 6) is -6.07. The third-order valence-electron chi connectivity index (χ3n) is 10.6. The molecule has 17 heteroatoms. The Morgan fingerprint density at radius 3 is 1.49 bits per heavy atom. The van der Waals surface area contributed by atoms with Crippen LogP contribution in [-0.4, -0.2) is 120 Å². The van der Waals surface area contributed by atoms with Crippen LogP contribution in [0.3, 0.4) is 0 Å². The predicted molar refractivity (Wildman–Crippen MR) is 220 cm³/mol. The quantitative estimate of drug-likeness (QED) is 0.0899. The molecule has 0 bridgehead atoms. The van der Waals surface area contributed by atoms with Crippen molar-refractivity contribution in [3.8, 4) is 0 Å². The average molecular weight is 830 g/mol. The summed E-state index contributed by atoms with van der Waals surface area (Å²) in [6, 6.07) is -4.02. The maximum atomic E-state index is 14.2. The maximum Gasteiger partial charge on any atom is 0.326 e. The normalized spacial score (nSPS) is 15.6. The number of nitrogens with zero attached hydrogens (tertiary/aromatic N) is 2. The summed E-state index contributed by atoms with van der Waals surface area (Å²) >= 11 is 0. The van der Waals surface area contributed by atoms with Gasteiger partial charge in [-0.25, -0.2) is 4.79 Å². The molecule has 0 aliphatic carbocycles. The molecule has 0 aliphatic heterocycles. The second-order valence-electron chi connectivity index (χ2n) is 16.5. The SMILES string of the molecule is CC[C@H](C)[C@@H](NC(=O)[C@@H](Cc1ccoc1)N(C)C(=O)[C@H](C)NC)C(=O)N[C@@H](C(=O)N[C@H](C(=O)N(C)[C@@H](Cc1ccoc1)C(=O)N[C@@H](CC(C)C)C(=O)O)C(C)C)C(C)C. The van der Waals surface area contributed by atoms with Crippen LogP contribution < -0.4 is 26.6 Å². The van der Waals surface area contributed by atoms with E-state index in [-0.39, 0.29) is 37.0 Å². The summed E-state index contributed by atoms with van der Waals surface area (Å²) in [6.07, 6.45) is 6.58. The molecule has 0 aromatic carbocycles. The molecule has 8 atom stereocenters. The Bertz CT molecular complexity index is 1680. The van der Waals surface area contributed by atoms with Crippen molar-refractivity contribution in [1.29, 1.82) is 0 Å². The van der Waals surface area contributed by atoms with Crippen molar-refractivity contribution in [2.24, 2.45) is 23.7 Å². The number of carbonyl (C=O) groups is 7. The lowest BCUT2D eigenvalue weighted by molar-refractivity contribution is -0.146. The van der Waals surface area contributed by atoms with Crippen LogP contribution in [0.2, 0.25) is 0 Å². The van der Waals surface area contributed by atoms with Crippen LogP contribution in [0.4, 0.5) is 0 Å². The number of rotatable bonds is 24. The van der Waals surface area contributed by atoms with Crippen LogP contribution in [0, 0.1) is 23.7 Å². The van der Waals surface area contributed by atoms with Gasteiger partial charge in [0.25, 0.3) is 0 Å². The minimum atomic E-state index is -1.21. The number of carboxylic acid groups (broad SMARTS) is 1. The highest BCUT2D eigenvalue weighted by Crippen LogP contribution is 2.18. The van der Waals surface area contributed by atoms with Gasteiger partial charge < -0.3 is 50.3 Å². The average Bonchev–Trinajstić information content (AvgIpc) is 3.91. The maximum absolute atomic E-state index is 14.2. The van der Waals surface area contributed by atoms with E-state index in [0.717, 1.165) is 0 Å². The second kappa shape index (κ2) is 23.4. The van der Waals surface area contributed by atoms with E-state index in [9.17, 15) is 38.7 Å². The number of furan rings is 2. The van der Waals surface area contributed by atoms with Gasteiger partial charge in [0.2, 0.25) is 35.4 Å². The number of likely N-dealkylation sites (N-methyl/N-ethyl adjacent to an activating group) is 3. The third-order valence-corrected chi connectivity index (χ3v) is 10.6. The molecule has 17 nitrogen and oxygen atoms in total. The number of aliphatic carboxylic acids is 1. The lowest BCUT2D eigenvalue weighted by Crippen LogP contribution is -2.62. The molecule has 59 heavy (non-hydrogen) atoms. The van der Waals surface area contributed by atoms with Gasteiger partial charge in [-0.3, -0.25) is 28.8 Å². The Hall–Kier alpha value is -5.19. The first-order valence-electron chi connectivity index (χ1n) is 20.3. The van der Waals surface area contributed by atoms with E-state index >= 15 is 0 Å². The molecule has 2 rings (SSSR count). The monoisotopic (exact) mass is 829 g/mol. The van der Waals surface area contributed by atoms with Gasteiger partial charge in [-0.05, 0) is 67.3 Å². The van der Waals surface area contributed by atoms with Crippen LogP contribution in [0.5, 0.6) is 0 Å². The van der Waals surface area contributed by atoms with E-state index in [4.69, 9.17) is 8.83 Å². The third kappa shape index (κ3) is 14.5. The number of hydrogen-bond donors (Lipinski definition) is 6. The van der Waals surface area contributed by atoms with Crippen molar-refractivity contribution in [3.63, 3.8) is 0 Å². The van der Waals surface area contributed by atoms with E-state index in [1.54, 1.807) is 60.7 Å². The minimum Gasteiger partial charge on any atom is -0.480 e. The van der Waals surface area contributed by atoms with E-state index in [1.807, 2.05) is 20.8 Å². The first kappa shape index (κ1) is 50.0. The smallest absolute Gasteiger partial charge is 0.326 e. The Labute approximate surface area is 348 Å². The summed E-state index contributed by atoms with van der Waals surface area (Å²) in [7, 11) is 4.57. The fourth-order valence-electron chi connectivity index (χ4n) is 6.48. The first-order chi connectivity index (χ1) is 27.6. The second-order valence-corrected chi connectivity index (χ2v) is 16.5. The van der Waals surface area contributed by atoms with E-state index < -0.39 is 89.6 Å². The zero-order chi connectivity index (χ0) is 44.7. The van der Waals surface area contributed by atoms with Crippen molar-refractivity contribution in [2.75, 3.05) is 21.1 Å². The lowest BCUT2D eigenvalue weighted by atomic mass is 9.95. The van der Waals surface area contributed by atoms with Gasteiger partial charge in [-0.1, -0.05) is 61.8 Å². The summed E-state index contributed by atoms with van der Waals surface area (Å²) in [5, 5.41) is 23.7. The van der Waals surface area contributed by atoms with Crippen molar-refractivity contribution in [1.82, 2.24) is 36.4 Å². The number of hydrogen-bond acceptors (Lipinski definition) is 10. The van der Waals surface area contributed by atoms with Crippen LogP contribution in [0.1, 0.15) is 86.3 Å². The van der Waals surface area contributed by atoms with E-state index in [2.05, 4.69) is 26.6 Å². The highest BCUT2D eigenvalue weighted by molar-refractivity contribution is 5.97. The molecular weight excluding hydrogens is 763 g/mol. The van der Waals surface area contributed by atoms with Crippen molar-refractivity contribution < 1.29 is 47.5 Å². The molecule has 0 spiro atoms. The molecule has 0 unspecified atom stereocenters. The van der Waals surface area contributed by atoms with E-state index in [1.165, 1.54) is 48.9 Å². The largest absolute Gasteiger partial charge is 0.480 e. The van der Waals surface area contributed by atoms with Crippen molar-refractivity contribution >= 4 is 41.4 Å². The highest BCUT2D eigenvalue weighted by atomic mass is 16.4. The van der Waals surface area contributed by atoms with Gasteiger partial charge in [0.1, 0.15) is 36.3 Å². The van der Waals surface area contributed by atoms with Gasteiger partial charge in [0.15, 0.2) is 0 Å². The molecule has 2 aromatic heterocycles. The molecule has 2 aromatic rings. The summed E-state index contributed by atoms with van der Waals surface area (Å²) < 4.78 is 10.4. The minimum absolute atomic E-state index is 0.00611. The zero-order valence-electron chi connectivity index (χ0n) is 36.7. The van der Waals surface area contributed by atoms with Gasteiger partial charge in [-0.2, -0.15) is 0 Å². The van der Waals surface area contributed by atoms with Crippen LogP contribution >= 0.6 is 0 Å². The van der Waals surface area contributed by atoms with Crippen LogP contribution in [0.25, 0.3) is 0 Å². The summed E-state index contributed by atoms with van der Waals surface area (Å²) in [5.41, 5.74) is 1.27. The van der Waals surface area contributed by atoms with Gasteiger partial charge in [0, 0.05) is 26.9 Å². The number of carboxylic acids is 1. The molecule has 6 amide bonds. The fraction of sp³-hybridized carbons (Fsp3) is 0.643. The first-order valence-corrected chi connectivity index (χ1v) is 20.3. The summed E-state index contributed by atoms with van der Waals surface area (Å²) in [4.78, 5) is 97.8. The lowest BCUT2D eigenvalue weighted by Gasteiger charge is -2.34. The standard InChI is InChI=1S/C42H67N7O10/c1-13-26(8)35(47-37(51)32(20-29-15-17-59-22-29)48(11)40(54)27(9)43-10)39(53)45-33(24(4)5)38(52)46-34(25(6)7)41(55)49(12)31(19-28-14-16-58-21-28)36(50)44-30(42(56)57)18-23(2)3/h14-17,21-27,30-35,43H,13,18-20H2,1-12H3,(H,44,50)(H,45,53)(H,46,52)(H,47,51)(H,56,57)/t26-,27-,30-,31-,32+,33+,34-,35+/m0/s1. The summed E-state index contributed by atoms with van der Waals surface area (Å²) in [6.45, 7) is 15.9. The topological polar surface area (TPSA) is 233 Å². The molecule has 330 valence electrons. The molecule has 0 saturated carbocycles. The van der Waals surface area contributed by atoms with Crippen LogP contribution in [0.15, 0.2) is 46.0 Å². The Kier molecular flexibility index (Phi) is 19.8. The number of carbonyl (C=O) groups excluding carboxylic acids is 6. The molecule has 0 radical (unpaired) electrons. The van der Waals surface area contributed by atoms with Gasteiger partial charge in [0.05, 0.1) is 31.1 Å². The highest BCUT2D eigenvalue weighted by Gasteiger charge is 2.39. The Morgan fingerprint density at radius 2 is 1.08 bits per heavy atom. The van der Waals surface area contributed by atoms with Crippen molar-refractivity contribution in [3.05, 3.63) is 48.3 Å². The Balaban J connectivity index is 2.37. The molecule has 0 fully saturated rings. The molecular formula is C42H67N7O10. The van der Waals surface area contributed by atoms with Gasteiger partial charge >= 0.3 is 5.97 Å². The molecule has 0 saturated heterocycles. The molecule has 0 aliphatic rings. The predicted octanol–water partition coefficient (Wildman–Crippen LogP) is 2.35. The Morgan fingerprint density at radius 1 is 0.644 bits per heavy atom. The van der Waals surface area contributed by atoms with E-state index in [0.29, 0.717) is 17.5 Å². The number of amides is 6. The van der Waals surface area contributed by atoms with Crippen molar-refractivity contribution in [2.45, 2.75) is 130 Å². The fourth-order valence-corrected chi connectivity index (χ4v) is 6.48. The zero-order valence-corrected chi connectivity index (χ0v) is 36.7. The number of nitrogens with one attached hydrogen (secondary N) is 5. The molecule has 2 heterocycles. The molecule has 6 N–H and O–H groups in total.